The molecule has 16 heavy (non-hydrogen) atoms. The monoisotopic (exact) mass is 223 g/mol. The predicted octanol–water partition coefficient (Wildman–Crippen LogP) is 1.22. The molecule has 1 atom stereocenters. The Bertz CT molecular complexity index is 434. The van der Waals surface area contributed by atoms with Crippen LogP contribution >= 0.6 is 0 Å². The molecule has 1 heterocycles. The van der Waals surface area contributed by atoms with Crippen molar-refractivity contribution in [3.05, 3.63) is 30.3 Å². The van der Waals surface area contributed by atoms with E-state index in [-0.39, 0.29) is 13.0 Å². The summed E-state index contributed by atoms with van der Waals surface area (Å²) < 4.78 is 13.8. The lowest BCUT2D eigenvalue weighted by Crippen LogP contribution is -2.43. The number of amides is 1. The van der Waals surface area contributed by atoms with Crippen LogP contribution in [0.1, 0.15) is 6.42 Å². The molecule has 84 valence electrons. The van der Waals surface area contributed by atoms with Gasteiger partial charge in [-0.3, -0.25) is 4.79 Å². The van der Waals surface area contributed by atoms with Crippen LogP contribution in [0, 0.1) is 0 Å². The number of para-hydroxylation sites is 1. The van der Waals surface area contributed by atoms with E-state index in [2.05, 4.69) is 0 Å². The van der Waals surface area contributed by atoms with Crippen molar-refractivity contribution in [3.8, 4) is 0 Å². The fourth-order valence-corrected chi connectivity index (χ4v) is 1.74. The van der Waals surface area contributed by atoms with E-state index in [0.717, 1.165) is 4.90 Å². The first-order chi connectivity index (χ1) is 7.55. The first-order valence-corrected chi connectivity index (χ1v) is 4.85. The van der Waals surface area contributed by atoms with E-state index < -0.39 is 17.5 Å². The van der Waals surface area contributed by atoms with Crippen molar-refractivity contribution in [3.63, 3.8) is 0 Å². The molecule has 0 unspecified atom stereocenters. The van der Waals surface area contributed by atoms with Gasteiger partial charge in [0.25, 0.3) is 11.6 Å². The Kier molecular flexibility index (Phi) is 2.38. The summed E-state index contributed by atoms with van der Waals surface area (Å²) in [5, 5.41) is 8.69. The fourth-order valence-electron chi connectivity index (χ4n) is 1.74. The lowest BCUT2D eigenvalue weighted by molar-refractivity contribution is -0.155. The van der Waals surface area contributed by atoms with Crippen LogP contribution in [0.2, 0.25) is 0 Å². The molecule has 0 aliphatic carbocycles. The van der Waals surface area contributed by atoms with Gasteiger partial charge in [-0.2, -0.15) is 0 Å². The maximum Gasteiger partial charge on any atom is 0.351 e. The minimum atomic E-state index is -2.77. The molecule has 1 aromatic carbocycles. The summed E-state index contributed by atoms with van der Waals surface area (Å²) in [5.74, 6) is -2.71. The van der Waals surface area contributed by atoms with Gasteiger partial charge in [0.1, 0.15) is 0 Å². The zero-order valence-electron chi connectivity index (χ0n) is 8.39. The first kappa shape index (κ1) is 10.6. The van der Waals surface area contributed by atoms with Crippen LogP contribution in [0.3, 0.4) is 0 Å². The Morgan fingerprint density at radius 1 is 1.38 bits per heavy atom. The highest BCUT2D eigenvalue weighted by Crippen LogP contribution is 2.31. The summed E-state index contributed by atoms with van der Waals surface area (Å²) >= 11 is 0. The van der Waals surface area contributed by atoms with E-state index in [9.17, 15) is 14.0 Å². The highest BCUT2D eigenvalue weighted by Gasteiger charge is 2.54. The lowest BCUT2D eigenvalue weighted by Gasteiger charge is -2.17. The zero-order valence-corrected chi connectivity index (χ0v) is 8.39. The third-order valence-corrected chi connectivity index (χ3v) is 2.67. The van der Waals surface area contributed by atoms with E-state index >= 15 is 0 Å². The molecule has 0 saturated carbocycles. The van der Waals surface area contributed by atoms with Crippen molar-refractivity contribution >= 4 is 17.6 Å². The summed E-state index contributed by atoms with van der Waals surface area (Å²) in [7, 11) is 0. The number of rotatable bonds is 2. The molecule has 0 aromatic heterocycles. The third kappa shape index (κ3) is 1.44. The van der Waals surface area contributed by atoms with Crippen molar-refractivity contribution in [1.82, 2.24) is 0 Å². The van der Waals surface area contributed by atoms with E-state index in [1.54, 1.807) is 30.3 Å². The molecule has 1 N–H and O–H groups in total. The molecule has 0 radical (unpaired) electrons. The number of nitrogens with zero attached hydrogens (tertiary/aromatic N) is 1. The van der Waals surface area contributed by atoms with Crippen molar-refractivity contribution < 1.29 is 19.1 Å². The van der Waals surface area contributed by atoms with Crippen LogP contribution in [0.25, 0.3) is 0 Å². The summed E-state index contributed by atoms with van der Waals surface area (Å²) in [6.07, 6.45) is -0.309. The number of alkyl halides is 1. The number of carboxylic acid groups (broad SMARTS) is 1. The van der Waals surface area contributed by atoms with Crippen molar-refractivity contribution in [1.29, 1.82) is 0 Å². The molecule has 1 aliphatic rings. The van der Waals surface area contributed by atoms with Crippen LogP contribution in [-0.2, 0) is 9.59 Å². The Morgan fingerprint density at radius 3 is 2.50 bits per heavy atom. The third-order valence-electron chi connectivity index (χ3n) is 2.67. The lowest BCUT2D eigenvalue weighted by atomic mass is 10.1. The number of anilines is 1. The summed E-state index contributed by atoms with van der Waals surface area (Å²) in [6.45, 7) is 0.0889. The molecular weight excluding hydrogens is 213 g/mol. The minimum Gasteiger partial charge on any atom is -0.478 e. The van der Waals surface area contributed by atoms with Gasteiger partial charge in [-0.15, -0.1) is 0 Å². The largest absolute Gasteiger partial charge is 0.478 e. The van der Waals surface area contributed by atoms with Gasteiger partial charge in [-0.1, -0.05) is 18.2 Å². The van der Waals surface area contributed by atoms with Crippen LogP contribution in [-0.4, -0.2) is 29.2 Å². The molecule has 1 fully saturated rings. The summed E-state index contributed by atoms with van der Waals surface area (Å²) in [5.41, 5.74) is -2.25. The van der Waals surface area contributed by atoms with Gasteiger partial charge in [0.2, 0.25) is 0 Å². The van der Waals surface area contributed by atoms with E-state index in [1.165, 1.54) is 0 Å². The second kappa shape index (κ2) is 3.59. The summed E-state index contributed by atoms with van der Waals surface area (Å²) in [6, 6.07) is 8.48. The molecule has 0 bridgehead atoms. The Hall–Kier alpha value is -1.91. The van der Waals surface area contributed by atoms with E-state index in [0.29, 0.717) is 5.69 Å². The summed E-state index contributed by atoms with van der Waals surface area (Å²) in [4.78, 5) is 23.5. The van der Waals surface area contributed by atoms with Gasteiger partial charge in [0.05, 0.1) is 0 Å². The second-order valence-corrected chi connectivity index (χ2v) is 3.65. The van der Waals surface area contributed by atoms with Gasteiger partial charge in [0.15, 0.2) is 0 Å². The van der Waals surface area contributed by atoms with Gasteiger partial charge >= 0.3 is 5.97 Å². The number of carboxylic acids is 1. The number of halogens is 1. The van der Waals surface area contributed by atoms with E-state index in [4.69, 9.17) is 5.11 Å². The average Bonchev–Trinajstić information content (AvgIpc) is 2.59. The number of hydrogen-bond donors (Lipinski definition) is 1. The smallest absolute Gasteiger partial charge is 0.351 e. The molecular formula is C11H10FNO3. The van der Waals surface area contributed by atoms with Gasteiger partial charge in [-0.05, 0) is 12.1 Å². The normalized spacial score (nSPS) is 24.8. The predicted molar refractivity (Wildman–Crippen MR) is 54.9 cm³/mol. The highest BCUT2D eigenvalue weighted by molar-refractivity contribution is 6.14. The second-order valence-electron chi connectivity index (χ2n) is 3.65. The maximum absolute atomic E-state index is 13.8. The van der Waals surface area contributed by atoms with Gasteiger partial charge < -0.3 is 10.0 Å². The Morgan fingerprint density at radius 2 is 2.00 bits per heavy atom. The number of carbonyl (C=O) groups excluding carboxylic acids is 1. The molecule has 1 amide bonds. The van der Waals surface area contributed by atoms with Crippen molar-refractivity contribution in [2.24, 2.45) is 0 Å². The topological polar surface area (TPSA) is 57.6 Å². The van der Waals surface area contributed by atoms with Crippen molar-refractivity contribution in [2.75, 3.05) is 11.4 Å². The Labute approximate surface area is 91.3 Å². The molecule has 4 nitrogen and oxygen atoms in total. The number of carbonyl (C=O) groups is 2. The molecule has 0 spiro atoms. The SMILES string of the molecule is O=C(O)[C@@]1(F)CCN(c2ccccc2)C1=O. The van der Waals surface area contributed by atoms with E-state index in [1.807, 2.05) is 0 Å². The highest BCUT2D eigenvalue weighted by atomic mass is 19.1. The maximum atomic E-state index is 13.8. The van der Waals surface area contributed by atoms with Gasteiger partial charge in [-0.25, -0.2) is 9.18 Å². The zero-order chi connectivity index (χ0) is 11.8. The molecule has 1 aliphatic heterocycles. The van der Waals surface area contributed by atoms with Crippen LogP contribution in [0.4, 0.5) is 10.1 Å². The molecule has 5 heteroatoms. The Balaban J connectivity index is 2.30. The van der Waals surface area contributed by atoms with Crippen LogP contribution in [0.5, 0.6) is 0 Å². The quantitative estimate of drug-likeness (QED) is 0.767. The minimum absolute atomic E-state index is 0.0889. The fraction of sp³-hybridized carbons (Fsp3) is 0.273. The number of benzene rings is 1. The molecule has 1 saturated heterocycles. The van der Waals surface area contributed by atoms with Crippen molar-refractivity contribution in [2.45, 2.75) is 12.1 Å². The average molecular weight is 223 g/mol. The standard InChI is InChI=1S/C11H10FNO3/c12-11(10(15)16)6-7-13(9(11)14)8-4-2-1-3-5-8/h1-5H,6-7H2,(H,15,16)/t11-/m1/s1. The molecule has 1 aromatic rings. The number of hydrogen-bond acceptors (Lipinski definition) is 2. The van der Waals surface area contributed by atoms with Crippen LogP contribution in [0.15, 0.2) is 30.3 Å². The first-order valence-electron chi connectivity index (χ1n) is 4.85. The van der Waals surface area contributed by atoms with Gasteiger partial charge in [0, 0.05) is 18.7 Å². The van der Waals surface area contributed by atoms with Crippen LogP contribution < -0.4 is 4.90 Å². The number of aliphatic carboxylic acids is 1. The molecule has 2 rings (SSSR count).